The first kappa shape index (κ1) is 15.2. The van der Waals surface area contributed by atoms with E-state index in [1.807, 2.05) is 38.1 Å². The highest BCUT2D eigenvalue weighted by molar-refractivity contribution is 9.10. The fraction of sp³-hybridized carbons (Fsp3) is 0.294. The van der Waals surface area contributed by atoms with Crippen molar-refractivity contribution in [3.8, 4) is 0 Å². The lowest BCUT2D eigenvalue weighted by Gasteiger charge is -2.28. The average molecular weight is 337 g/mol. The van der Waals surface area contributed by atoms with E-state index in [0.717, 1.165) is 21.2 Å². The van der Waals surface area contributed by atoms with Gasteiger partial charge in [0.25, 0.3) is 0 Å². The number of benzene rings is 2. The summed E-state index contributed by atoms with van der Waals surface area (Å²) in [5.41, 5.74) is 1.77. The van der Waals surface area contributed by atoms with Crippen LogP contribution in [0.2, 0.25) is 0 Å². The molecule has 0 bridgehead atoms. The molecule has 0 saturated heterocycles. The maximum Gasteiger partial charge on any atom is 0.123 e. The molecule has 0 aromatic heterocycles. The zero-order chi connectivity index (χ0) is 14.8. The predicted molar refractivity (Wildman–Crippen MR) is 83.2 cm³/mol. The molecule has 0 aliphatic rings. The Morgan fingerprint density at radius 2 is 1.95 bits per heavy atom. The second-order valence-electron chi connectivity index (χ2n) is 5.14. The Bertz CT molecular complexity index is 612. The second-order valence-corrected chi connectivity index (χ2v) is 6.06. The van der Waals surface area contributed by atoms with Gasteiger partial charge in [0.15, 0.2) is 0 Å². The molecular formula is C17H18BrFO. The molecule has 0 amide bonds. The molecule has 2 rings (SSSR count). The molecule has 1 atom stereocenters. The lowest BCUT2D eigenvalue weighted by Crippen LogP contribution is -2.28. The van der Waals surface area contributed by atoms with Crippen molar-refractivity contribution in [2.75, 3.05) is 0 Å². The zero-order valence-electron chi connectivity index (χ0n) is 11.7. The summed E-state index contributed by atoms with van der Waals surface area (Å²) in [7, 11) is 0. The molecule has 0 aliphatic carbocycles. The molecule has 1 unspecified atom stereocenters. The van der Waals surface area contributed by atoms with Crippen LogP contribution in [-0.4, -0.2) is 5.11 Å². The van der Waals surface area contributed by atoms with Gasteiger partial charge in [-0.2, -0.15) is 0 Å². The molecule has 0 heterocycles. The topological polar surface area (TPSA) is 20.2 Å². The van der Waals surface area contributed by atoms with Crippen LogP contribution < -0.4 is 0 Å². The van der Waals surface area contributed by atoms with Gasteiger partial charge in [-0.05, 0) is 54.3 Å². The van der Waals surface area contributed by atoms with Gasteiger partial charge in [0.05, 0.1) is 5.60 Å². The van der Waals surface area contributed by atoms with Crippen LogP contribution in [0.25, 0.3) is 0 Å². The largest absolute Gasteiger partial charge is 0.385 e. The number of hydrogen-bond acceptors (Lipinski definition) is 1. The first-order chi connectivity index (χ1) is 9.44. The van der Waals surface area contributed by atoms with E-state index in [0.29, 0.717) is 12.8 Å². The van der Waals surface area contributed by atoms with Crippen molar-refractivity contribution in [1.82, 2.24) is 0 Å². The van der Waals surface area contributed by atoms with Crippen LogP contribution in [0.3, 0.4) is 0 Å². The highest BCUT2D eigenvalue weighted by atomic mass is 79.9. The van der Waals surface area contributed by atoms with Crippen LogP contribution in [0.15, 0.2) is 46.9 Å². The van der Waals surface area contributed by atoms with Crippen molar-refractivity contribution in [2.24, 2.45) is 0 Å². The Morgan fingerprint density at radius 1 is 1.20 bits per heavy atom. The number of aryl methyl sites for hydroxylation is 1. The van der Waals surface area contributed by atoms with E-state index in [1.54, 1.807) is 6.07 Å². The van der Waals surface area contributed by atoms with E-state index >= 15 is 0 Å². The minimum Gasteiger partial charge on any atom is -0.385 e. The van der Waals surface area contributed by atoms with Gasteiger partial charge >= 0.3 is 0 Å². The summed E-state index contributed by atoms with van der Waals surface area (Å²) in [6.07, 6.45) is 1.08. The molecule has 1 nitrogen and oxygen atoms in total. The fourth-order valence-electron chi connectivity index (χ4n) is 2.38. The molecule has 2 aromatic carbocycles. The normalized spacial score (nSPS) is 14.1. The van der Waals surface area contributed by atoms with Gasteiger partial charge in [0.1, 0.15) is 5.82 Å². The van der Waals surface area contributed by atoms with Gasteiger partial charge in [-0.25, -0.2) is 4.39 Å². The van der Waals surface area contributed by atoms with Crippen LogP contribution in [0.4, 0.5) is 4.39 Å². The number of aliphatic hydroxyl groups is 1. The highest BCUT2D eigenvalue weighted by Gasteiger charge is 2.28. The lowest BCUT2D eigenvalue weighted by molar-refractivity contribution is 0.0325. The zero-order valence-corrected chi connectivity index (χ0v) is 13.2. The first-order valence-electron chi connectivity index (χ1n) is 6.68. The quantitative estimate of drug-likeness (QED) is 0.855. The Kier molecular flexibility index (Phi) is 4.61. The second kappa shape index (κ2) is 6.06. The van der Waals surface area contributed by atoms with Gasteiger partial charge in [0.2, 0.25) is 0 Å². The van der Waals surface area contributed by atoms with E-state index in [-0.39, 0.29) is 5.82 Å². The van der Waals surface area contributed by atoms with Crippen LogP contribution >= 0.6 is 15.9 Å². The van der Waals surface area contributed by atoms with Crippen molar-refractivity contribution < 1.29 is 9.50 Å². The van der Waals surface area contributed by atoms with Crippen LogP contribution in [-0.2, 0) is 12.0 Å². The first-order valence-corrected chi connectivity index (χ1v) is 7.47. The van der Waals surface area contributed by atoms with E-state index < -0.39 is 5.60 Å². The molecular weight excluding hydrogens is 319 g/mol. The smallest absolute Gasteiger partial charge is 0.123 e. The molecule has 1 N–H and O–H groups in total. The molecule has 0 saturated carbocycles. The predicted octanol–water partition coefficient (Wildman–Crippen LogP) is 4.74. The summed E-state index contributed by atoms with van der Waals surface area (Å²) in [6.45, 7) is 3.83. The van der Waals surface area contributed by atoms with Crippen LogP contribution in [0.1, 0.15) is 30.0 Å². The van der Waals surface area contributed by atoms with E-state index in [1.165, 1.54) is 12.1 Å². The molecule has 2 aromatic rings. The van der Waals surface area contributed by atoms with Gasteiger partial charge in [-0.1, -0.05) is 41.1 Å². The molecule has 20 heavy (non-hydrogen) atoms. The third-order valence-corrected chi connectivity index (χ3v) is 4.23. The van der Waals surface area contributed by atoms with Gasteiger partial charge in [-0.3, -0.25) is 0 Å². The van der Waals surface area contributed by atoms with Crippen molar-refractivity contribution >= 4 is 15.9 Å². The van der Waals surface area contributed by atoms with E-state index in [9.17, 15) is 9.50 Å². The summed E-state index contributed by atoms with van der Waals surface area (Å²) >= 11 is 3.43. The molecule has 0 spiro atoms. The maximum absolute atomic E-state index is 13.2. The van der Waals surface area contributed by atoms with Gasteiger partial charge in [0, 0.05) is 10.9 Å². The molecule has 0 fully saturated rings. The minimum absolute atomic E-state index is 0.242. The van der Waals surface area contributed by atoms with Crippen molar-refractivity contribution in [1.29, 1.82) is 0 Å². The number of hydrogen-bond donors (Lipinski definition) is 1. The summed E-state index contributed by atoms with van der Waals surface area (Å²) in [4.78, 5) is 0. The van der Waals surface area contributed by atoms with Gasteiger partial charge < -0.3 is 5.11 Å². The van der Waals surface area contributed by atoms with Crippen molar-refractivity contribution in [3.63, 3.8) is 0 Å². The molecule has 0 aliphatic heterocycles. The Balaban J connectivity index is 2.36. The molecule has 3 heteroatoms. The Hall–Kier alpha value is -1.19. The number of halogens is 2. The van der Waals surface area contributed by atoms with Crippen molar-refractivity contribution in [3.05, 3.63) is 69.4 Å². The lowest BCUT2D eigenvalue weighted by atomic mass is 9.84. The summed E-state index contributed by atoms with van der Waals surface area (Å²) < 4.78 is 14.1. The van der Waals surface area contributed by atoms with Crippen LogP contribution in [0.5, 0.6) is 0 Å². The van der Waals surface area contributed by atoms with E-state index in [2.05, 4.69) is 15.9 Å². The van der Waals surface area contributed by atoms with Gasteiger partial charge in [-0.15, -0.1) is 0 Å². The standard InChI is InChI=1S/C17H18BrFO/c1-3-17(20,14-5-4-6-15(18)10-14)11-13-7-8-16(19)9-12(13)2/h4-10,20H,3,11H2,1-2H3. The fourth-order valence-corrected chi connectivity index (χ4v) is 2.78. The molecule has 106 valence electrons. The Labute approximate surface area is 127 Å². The SMILES string of the molecule is CCC(O)(Cc1ccc(F)cc1C)c1cccc(Br)c1. The van der Waals surface area contributed by atoms with Crippen LogP contribution in [0, 0.1) is 12.7 Å². The summed E-state index contributed by atoms with van der Waals surface area (Å²) in [5, 5.41) is 10.9. The highest BCUT2D eigenvalue weighted by Crippen LogP contribution is 2.31. The summed E-state index contributed by atoms with van der Waals surface area (Å²) in [6, 6.07) is 12.4. The maximum atomic E-state index is 13.2. The summed E-state index contributed by atoms with van der Waals surface area (Å²) in [5.74, 6) is -0.242. The third-order valence-electron chi connectivity index (χ3n) is 3.73. The van der Waals surface area contributed by atoms with Crippen molar-refractivity contribution in [2.45, 2.75) is 32.3 Å². The number of rotatable bonds is 4. The minimum atomic E-state index is -0.938. The molecule has 0 radical (unpaired) electrons. The van der Waals surface area contributed by atoms with E-state index in [4.69, 9.17) is 0 Å². The Morgan fingerprint density at radius 3 is 2.55 bits per heavy atom. The third kappa shape index (κ3) is 3.28. The average Bonchev–Trinajstić information content (AvgIpc) is 2.42. The monoisotopic (exact) mass is 336 g/mol.